The molecule has 204 valence electrons. The van der Waals surface area contributed by atoms with Gasteiger partial charge in [-0.1, -0.05) is 32.1 Å². The number of aromatic hydroxyl groups is 1. The third-order valence-electron chi connectivity index (χ3n) is 8.37. The first-order valence-corrected chi connectivity index (χ1v) is 14.0. The van der Waals surface area contributed by atoms with Crippen molar-refractivity contribution in [1.29, 1.82) is 0 Å². The number of carbonyl (C=O) groups is 1. The molecule has 1 saturated carbocycles. The summed E-state index contributed by atoms with van der Waals surface area (Å²) in [5, 5.41) is 27.1. The van der Waals surface area contributed by atoms with Crippen LogP contribution in [0.3, 0.4) is 0 Å². The van der Waals surface area contributed by atoms with Crippen LogP contribution in [0.25, 0.3) is 21.7 Å². The smallest absolute Gasteiger partial charge is 0.339 e. The van der Waals surface area contributed by atoms with Gasteiger partial charge in [-0.2, -0.15) is 0 Å². The first-order valence-electron chi connectivity index (χ1n) is 14.0. The quantitative estimate of drug-likeness (QED) is 0.266. The van der Waals surface area contributed by atoms with Crippen molar-refractivity contribution in [2.45, 2.75) is 44.6 Å². The van der Waals surface area contributed by atoms with Crippen LogP contribution in [-0.2, 0) is 0 Å². The number of nitrogens with one attached hydrogen (secondary N) is 1. The molecule has 2 aromatic heterocycles. The zero-order chi connectivity index (χ0) is 26.8. The summed E-state index contributed by atoms with van der Waals surface area (Å²) in [6.45, 7) is 3.73. The molecule has 0 spiro atoms. The number of furan rings is 1. The lowest BCUT2D eigenvalue weighted by molar-refractivity contribution is 0.0698. The molecule has 2 aromatic carbocycles. The number of aromatic carboxylic acids is 1. The van der Waals surface area contributed by atoms with Crippen molar-refractivity contribution in [1.82, 2.24) is 15.2 Å². The van der Waals surface area contributed by atoms with Crippen LogP contribution >= 0.6 is 0 Å². The fourth-order valence-electron chi connectivity index (χ4n) is 6.38. The summed E-state index contributed by atoms with van der Waals surface area (Å²) < 4.78 is 12.1. The minimum atomic E-state index is -1.09. The Bertz CT molecular complexity index is 1460. The number of aromatic nitrogens is 1. The Morgan fingerprint density at radius 3 is 2.62 bits per heavy atom. The fourth-order valence-corrected chi connectivity index (χ4v) is 6.38. The molecule has 1 aliphatic heterocycles. The standard InChI is InChI=1S/C31H35N3O5/c35-29-24-18-22(38-17-10-20-4-2-1-3-5-20)6-7-23(24)30-26(25(19-39-30)31(36)37)27(29)28(21-8-11-32-12-9-21)34-15-13-33-14-16-34/h6-9,11-12,18-20,28,33,35H,1-5,10,13-17H2,(H,36,37). The molecule has 0 amide bonds. The van der Waals surface area contributed by atoms with Gasteiger partial charge in [-0.15, -0.1) is 0 Å². The highest BCUT2D eigenvalue weighted by Gasteiger charge is 2.33. The molecule has 8 nitrogen and oxygen atoms in total. The molecule has 2 fully saturated rings. The lowest BCUT2D eigenvalue weighted by atomic mass is 9.87. The number of phenols is 1. The van der Waals surface area contributed by atoms with Gasteiger partial charge in [0.25, 0.3) is 0 Å². The number of hydrogen-bond donors (Lipinski definition) is 3. The van der Waals surface area contributed by atoms with Gasteiger partial charge in [0.05, 0.1) is 12.6 Å². The Balaban J connectivity index is 1.47. The SMILES string of the molecule is O=C(O)c1coc2c1c(C(c1ccncc1)N1CCNCC1)c(O)c1cc(OCCC3CCCCC3)ccc12. The molecule has 2 aliphatic rings. The zero-order valence-electron chi connectivity index (χ0n) is 22.1. The summed E-state index contributed by atoms with van der Waals surface area (Å²) in [6, 6.07) is 9.06. The molecule has 39 heavy (non-hydrogen) atoms. The lowest BCUT2D eigenvalue weighted by Crippen LogP contribution is -2.45. The van der Waals surface area contributed by atoms with Gasteiger partial charge in [-0.3, -0.25) is 9.88 Å². The molecule has 1 unspecified atom stereocenters. The number of ether oxygens (including phenoxy) is 1. The van der Waals surface area contributed by atoms with Crippen LogP contribution in [0.15, 0.2) is 53.4 Å². The normalized spacial score (nSPS) is 17.9. The number of carboxylic acids is 1. The third kappa shape index (κ3) is 5.06. The molecule has 8 heteroatoms. The number of phenolic OH excluding ortho intramolecular Hbond substituents is 1. The highest BCUT2D eigenvalue weighted by molar-refractivity contribution is 6.16. The van der Waals surface area contributed by atoms with E-state index in [4.69, 9.17) is 9.15 Å². The number of pyridine rings is 1. The second-order valence-corrected chi connectivity index (χ2v) is 10.7. The maximum absolute atomic E-state index is 12.3. The Labute approximate surface area is 227 Å². The molecule has 3 heterocycles. The molecular formula is C31H35N3O5. The van der Waals surface area contributed by atoms with Gasteiger partial charge in [0, 0.05) is 60.3 Å². The van der Waals surface area contributed by atoms with E-state index in [-0.39, 0.29) is 17.4 Å². The van der Waals surface area contributed by atoms with Crippen molar-refractivity contribution in [3.63, 3.8) is 0 Å². The number of piperazine rings is 1. The van der Waals surface area contributed by atoms with E-state index >= 15 is 0 Å². The number of fused-ring (bicyclic) bond motifs is 3. The first-order chi connectivity index (χ1) is 19.1. The predicted octanol–water partition coefficient (Wildman–Crippen LogP) is 5.73. The van der Waals surface area contributed by atoms with E-state index in [2.05, 4.69) is 15.2 Å². The van der Waals surface area contributed by atoms with Gasteiger partial charge in [0.1, 0.15) is 28.9 Å². The van der Waals surface area contributed by atoms with Gasteiger partial charge in [0.2, 0.25) is 0 Å². The van der Waals surface area contributed by atoms with E-state index in [0.29, 0.717) is 39.7 Å². The van der Waals surface area contributed by atoms with Crippen LogP contribution in [0.2, 0.25) is 0 Å². The van der Waals surface area contributed by atoms with Crippen molar-refractivity contribution in [2.75, 3.05) is 32.8 Å². The summed E-state index contributed by atoms with van der Waals surface area (Å²) in [5.74, 6) is 0.368. The van der Waals surface area contributed by atoms with Gasteiger partial charge >= 0.3 is 5.97 Å². The minimum absolute atomic E-state index is 0.0409. The number of nitrogens with zero attached hydrogens (tertiary/aromatic N) is 2. The molecule has 1 atom stereocenters. The molecule has 0 radical (unpaired) electrons. The summed E-state index contributed by atoms with van der Waals surface area (Å²) in [5.41, 5.74) is 1.97. The minimum Gasteiger partial charge on any atom is -0.507 e. The molecule has 1 aliphatic carbocycles. The molecule has 0 bridgehead atoms. The zero-order valence-corrected chi connectivity index (χ0v) is 22.1. The summed E-state index contributed by atoms with van der Waals surface area (Å²) in [7, 11) is 0. The highest BCUT2D eigenvalue weighted by Crippen LogP contribution is 2.47. The maximum Gasteiger partial charge on any atom is 0.339 e. The Morgan fingerprint density at radius 2 is 1.87 bits per heavy atom. The van der Waals surface area contributed by atoms with Gasteiger partial charge in [-0.05, 0) is 48.2 Å². The largest absolute Gasteiger partial charge is 0.507 e. The number of rotatable bonds is 8. The van der Waals surface area contributed by atoms with E-state index < -0.39 is 5.97 Å². The Kier molecular flexibility index (Phi) is 7.39. The van der Waals surface area contributed by atoms with Crippen LogP contribution < -0.4 is 10.1 Å². The summed E-state index contributed by atoms with van der Waals surface area (Å²) >= 11 is 0. The van der Waals surface area contributed by atoms with E-state index in [0.717, 1.165) is 44.1 Å². The van der Waals surface area contributed by atoms with Gasteiger partial charge in [-0.25, -0.2) is 4.79 Å². The van der Waals surface area contributed by atoms with Crippen molar-refractivity contribution in [3.05, 3.63) is 65.7 Å². The van der Waals surface area contributed by atoms with Gasteiger partial charge in [0.15, 0.2) is 0 Å². The van der Waals surface area contributed by atoms with E-state index in [1.807, 2.05) is 30.3 Å². The maximum atomic E-state index is 12.3. The van der Waals surface area contributed by atoms with Crippen LogP contribution in [0.1, 0.15) is 66.1 Å². The van der Waals surface area contributed by atoms with Crippen molar-refractivity contribution in [3.8, 4) is 11.5 Å². The van der Waals surface area contributed by atoms with Crippen LogP contribution in [0, 0.1) is 5.92 Å². The second-order valence-electron chi connectivity index (χ2n) is 10.7. The van der Waals surface area contributed by atoms with Crippen LogP contribution in [-0.4, -0.2) is 58.9 Å². The van der Waals surface area contributed by atoms with Crippen molar-refractivity contribution >= 4 is 27.7 Å². The molecular weight excluding hydrogens is 494 g/mol. The van der Waals surface area contributed by atoms with Crippen LogP contribution in [0.5, 0.6) is 11.5 Å². The lowest BCUT2D eigenvalue weighted by Gasteiger charge is -2.36. The number of hydrogen-bond acceptors (Lipinski definition) is 7. The summed E-state index contributed by atoms with van der Waals surface area (Å²) in [6.07, 6.45) is 12.3. The van der Waals surface area contributed by atoms with Crippen LogP contribution in [0.4, 0.5) is 0 Å². The fraction of sp³-hybridized carbons (Fsp3) is 0.419. The van der Waals surface area contributed by atoms with E-state index in [9.17, 15) is 15.0 Å². The second kappa shape index (κ2) is 11.2. The monoisotopic (exact) mass is 529 g/mol. The average Bonchev–Trinajstić information content (AvgIpc) is 3.42. The summed E-state index contributed by atoms with van der Waals surface area (Å²) in [4.78, 5) is 18.8. The molecule has 3 N–H and O–H groups in total. The molecule has 1 saturated heterocycles. The Morgan fingerprint density at radius 1 is 1.10 bits per heavy atom. The predicted molar refractivity (Wildman–Crippen MR) is 150 cm³/mol. The first kappa shape index (κ1) is 25.6. The highest BCUT2D eigenvalue weighted by atomic mass is 16.5. The Hall–Kier alpha value is -3.62. The van der Waals surface area contributed by atoms with Crippen molar-refractivity contribution in [2.24, 2.45) is 5.92 Å². The third-order valence-corrected chi connectivity index (χ3v) is 8.37. The average molecular weight is 530 g/mol. The van der Waals surface area contributed by atoms with Gasteiger partial charge < -0.3 is 24.7 Å². The molecule has 6 rings (SSSR count). The number of carboxylic acid groups (broad SMARTS) is 1. The molecule has 4 aromatic rings. The van der Waals surface area contributed by atoms with Crippen molar-refractivity contribution < 1.29 is 24.2 Å². The number of benzene rings is 2. The topological polar surface area (TPSA) is 108 Å². The van der Waals surface area contributed by atoms with E-state index in [1.54, 1.807) is 12.4 Å². The van der Waals surface area contributed by atoms with E-state index in [1.165, 1.54) is 38.4 Å².